The zero-order chi connectivity index (χ0) is 5.45. The Morgan fingerprint density at radius 2 is 0.667 bits per heavy atom. The second-order valence-corrected chi connectivity index (χ2v) is 25.4. The summed E-state index contributed by atoms with van der Waals surface area (Å²) < 4.78 is 0. The van der Waals surface area contributed by atoms with Crippen molar-refractivity contribution in [3.05, 3.63) is 0 Å². The summed E-state index contributed by atoms with van der Waals surface area (Å²) in [5.74, 6) is 0. The van der Waals surface area contributed by atoms with Crippen molar-refractivity contribution >= 4 is 48.5 Å². The van der Waals surface area contributed by atoms with E-state index >= 15 is 0 Å². The van der Waals surface area contributed by atoms with Gasteiger partial charge in [-0.2, -0.15) is 0 Å². The van der Waals surface area contributed by atoms with Crippen LogP contribution >= 0.6 is 48.5 Å². The zero-order valence-corrected chi connectivity index (χ0v) is 7.64. The quantitative estimate of drug-likeness (QED) is 0.596. The van der Waals surface area contributed by atoms with Crippen LogP contribution in [-0.2, 0) is 8.65 Å². The molecular formula is Cl5Rh. The topological polar surface area (TPSA) is 0 Å². The molecule has 0 spiro atoms. The molecule has 0 bridgehead atoms. The summed E-state index contributed by atoms with van der Waals surface area (Å²) in [6.45, 7) is 0. The molecule has 0 unspecified atom stereocenters. The zero-order valence-electron chi connectivity index (χ0n) is 2.22. The van der Waals surface area contributed by atoms with Crippen molar-refractivity contribution in [3.63, 3.8) is 0 Å². The van der Waals surface area contributed by atoms with Crippen LogP contribution in [0.2, 0.25) is 0 Å². The van der Waals surface area contributed by atoms with Crippen molar-refractivity contribution in [1.82, 2.24) is 0 Å². The van der Waals surface area contributed by atoms with Gasteiger partial charge in [0.05, 0.1) is 0 Å². The fraction of sp³-hybridized carbons (Fsp3) is 0. The molecule has 0 aliphatic heterocycles. The molecular weight excluding hydrogens is 280 g/mol. The van der Waals surface area contributed by atoms with Gasteiger partial charge in [-0.05, 0) is 0 Å². The Morgan fingerprint density at radius 1 is 0.667 bits per heavy atom. The van der Waals surface area contributed by atoms with Gasteiger partial charge < -0.3 is 0 Å². The van der Waals surface area contributed by atoms with Crippen molar-refractivity contribution in [1.29, 1.82) is 0 Å². The van der Waals surface area contributed by atoms with Crippen LogP contribution in [0.3, 0.4) is 0 Å². The van der Waals surface area contributed by atoms with Crippen LogP contribution in [0.5, 0.6) is 0 Å². The van der Waals surface area contributed by atoms with E-state index in [1.165, 1.54) is 0 Å². The molecule has 6 heteroatoms. The van der Waals surface area contributed by atoms with E-state index in [2.05, 4.69) is 0 Å². The van der Waals surface area contributed by atoms with Crippen LogP contribution in [0.4, 0.5) is 0 Å². The molecule has 0 aliphatic rings. The molecule has 0 heterocycles. The van der Waals surface area contributed by atoms with Crippen LogP contribution in [0.1, 0.15) is 0 Å². The third-order valence-corrected chi connectivity index (χ3v) is 0. The molecule has 0 rings (SSSR count). The molecule has 0 fully saturated rings. The molecule has 0 N–H and O–H groups in total. The molecule has 0 amide bonds. The number of rotatable bonds is 0. The molecule has 0 aromatic rings. The van der Waals surface area contributed by atoms with E-state index in [4.69, 9.17) is 48.5 Å². The Hall–Kier alpha value is 2.07. The van der Waals surface area contributed by atoms with Gasteiger partial charge in [-0.1, -0.05) is 0 Å². The Morgan fingerprint density at radius 3 is 0.667 bits per heavy atom. The molecule has 0 radical (unpaired) electrons. The van der Waals surface area contributed by atoms with Gasteiger partial charge in [-0.25, -0.2) is 0 Å². The molecule has 0 saturated heterocycles. The van der Waals surface area contributed by atoms with Crippen LogP contribution in [0, 0.1) is 0 Å². The summed E-state index contributed by atoms with van der Waals surface area (Å²) in [5.41, 5.74) is 0. The summed E-state index contributed by atoms with van der Waals surface area (Å²) in [4.78, 5) is 0. The molecule has 44 valence electrons. The van der Waals surface area contributed by atoms with Gasteiger partial charge in [-0.3, -0.25) is 0 Å². The van der Waals surface area contributed by atoms with Gasteiger partial charge in [0, 0.05) is 0 Å². The van der Waals surface area contributed by atoms with Crippen molar-refractivity contribution < 1.29 is 8.65 Å². The van der Waals surface area contributed by atoms with Gasteiger partial charge in [0.1, 0.15) is 0 Å². The number of hydrogen-bond donors (Lipinski definition) is 0. The van der Waals surface area contributed by atoms with E-state index in [-0.39, 0.29) is 0 Å². The van der Waals surface area contributed by atoms with Crippen molar-refractivity contribution in [2.75, 3.05) is 0 Å². The maximum atomic E-state index is 5.02. The Labute approximate surface area is 56.6 Å². The van der Waals surface area contributed by atoms with Crippen LogP contribution < -0.4 is 0 Å². The molecule has 6 heavy (non-hydrogen) atoms. The standard InChI is InChI=1S/5ClH.Rh/h5*1H;/q;;;;;+5/p-5. The van der Waals surface area contributed by atoms with E-state index in [9.17, 15) is 0 Å². The second-order valence-electron chi connectivity index (χ2n) is 0.476. The van der Waals surface area contributed by atoms with Crippen molar-refractivity contribution in [2.45, 2.75) is 0 Å². The third kappa shape index (κ3) is 36.4. The summed E-state index contributed by atoms with van der Waals surface area (Å²) in [5, 5.41) is 0. The molecule has 0 nitrogen and oxygen atoms in total. The summed E-state index contributed by atoms with van der Waals surface area (Å²) in [6, 6.07) is 0. The first kappa shape index (κ1) is 8.07. The Bertz CT molecular complexity index is 37.1. The number of hydrogen-bond acceptors (Lipinski definition) is 0. The molecule has 0 aromatic carbocycles. The van der Waals surface area contributed by atoms with E-state index in [1.807, 2.05) is 0 Å². The Kier molecular flexibility index (Phi) is 2.41. The predicted octanol–water partition coefficient (Wildman–Crippen LogP) is 3.44. The SMILES string of the molecule is [Cl][Rh]([Cl])([Cl])([Cl])[Cl]. The van der Waals surface area contributed by atoms with Crippen LogP contribution in [0.25, 0.3) is 0 Å². The predicted molar refractivity (Wildman–Crippen MR) is 29.3 cm³/mol. The van der Waals surface area contributed by atoms with Gasteiger partial charge in [0.25, 0.3) is 0 Å². The summed E-state index contributed by atoms with van der Waals surface area (Å²) in [7, 11) is 21.0. The van der Waals surface area contributed by atoms with E-state index < -0.39 is 8.65 Å². The van der Waals surface area contributed by atoms with E-state index in [0.29, 0.717) is 0 Å². The fourth-order valence-corrected chi connectivity index (χ4v) is 0. The molecule has 0 saturated carbocycles. The fourth-order valence-electron chi connectivity index (χ4n) is 0. The second kappa shape index (κ2) is 1.79. The van der Waals surface area contributed by atoms with Gasteiger partial charge in [0.2, 0.25) is 0 Å². The van der Waals surface area contributed by atoms with Gasteiger partial charge >= 0.3 is 57.1 Å². The van der Waals surface area contributed by atoms with Gasteiger partial charge in [0.15, 0.2) is 0 Å². The normalized spacial score (nSPS) is 19.2. The van der Waals surface area contributed by atoms with Gasteiger partial charge in [-0.15, -0.1) is 0 Å². The van der Waals surface area contributed by atoms with Crippen LogP contribution in [0.15, 0.2) is 0 Å². The van der Waals surface area contributed by atoms with Crippen molar-refractivity contribution in [3.8, 4) is 0 Å². The average Bonchev–Trinajstić information content (AvgIpc) is 0.650. The average molecular weight is 280 g/mol. The first-order valence-corrected chi connectivity index (χ1v) is 11.2. The number of halogens is 5. The minimum atomic E-state index is -4.04. The third-order valence-electron chi connectivity index (χ3n) is 0. The first-order chi connectivity index (χ1) is 2.24. The first-order valence-electron chi connectivity index (χ1n) is 0.630. The summed E-state index contributed by atoms with van der Waals surface area (Å²) >= 11 is 0. The van der Waals surface area contributed by atoms with Crippen molar-refractivity contribution in [2.24, 2.45) is 0 Å². The molecule has 0 aliphatic carbocycles. The minimum absolute atomic E-state index is 4.04. The molecule has 0 atom stereocenters. The maximum absolute atomic E-state index is 5.02. The Balaban J connectivity index is 3.73. The summed E-state index contributed by atoms with van der Waals surface area (Å²) in [6.07, 6.45) is 0. The van der Waals surface area contributed by atoms with Crippen LogP contribution in [-0.4, -0.2) is 0 Å². The van der Waals surface area contributed by atoms with E-state index in [0.717, 1.165) is 0 Å². The van der Waals surface area contributed by atoms with E-state index in [1.54, 1.807) is 0 Å². The monoisotopic (exact) mass is 278 g/mol. The molecule has 0 aromatic heterocycles.